The molecule has 1 aliphatic rings. The second-order valence-electron chi connectivity index (χ2n) is 7.37. The van der Waals surface area contributed by atoms with Crippen LogP contribution in [0.25, 0.3) is 11.1 Å². The van der Waals surface area contributed by atoms with E-state index >= 15 is 0 Å². The molecule has 27 heavy (non-hydrogen) atoms. The third kappa shape index (κ3) is 4.04. The summed E-state index contributed by atoms with van der Waals surface area (Å²) < 4.78 is 6.54. The van der Waals surface area contributed by atoms with Gasteiger partial charge in [-0.1, -0.05) is 19.8 Å². The number of hydrogen-bond donors (Lipinski definition) is 0. The van der Waals surface area contributed by atoms with Crippen LogP contribution in [-0.4, -0.2) is 33.4 Å². The first-order valence-corrected chi connectivity index (χ1v) is 9.42. The zero-order valence-electron chi connectivity index (χ0n) is 15.7. The molecule has 8 heteroatoms. The van der Waals surface area contributed by atoms with E-state index < -0.39 is 10.7 Å². The van der Waals surface area contributed by atoms with Gasteiger partial charge in [-0.15, -0.1) is 0 Å². The second-order valence-corrected chi connectivity index (χ2v) is 7.37. The average molecular weight is 375 g/mol. The van der Waals surface area contributed by atoms with Crippen LogP contribution in [0.1, 0.15) is 45.4 Å². The molecule has 0 bridgehead atoms. The Hall–Kier alpha value is -2.64. The van der Waals surface area contributed by atoms with Gasteiger partial charge in [0.2, 0.25) is 5.91 Å². The maximum absolute atomic E-state index is 12.5. The van der Waals surface area contributed by atoms with Gasteiger partial charge in [-0.25, -0.2) is 4.79 Å². The van der Waals surface area contributed by atoms with Crippen molar-refractivity contribution in [2.45, 2.75) is 58.0 Å². The Morgan fingerprint density at radius 1 is 1.37 bits per heavy atom. The van der Waals surface area contributed by atoms with Crippen LogP contribution in [0.15, 0.2) is 27.4 Å². The van der Waals surface area contributed by atoms with Crippen molar-refractivity contribution in [3.05, 3.63) is 38.9 Å². The summed E-state index contributed by atoms with van der Waals surface area (Å²) in [6, 6.07) is 4.40. The molecule has 0 radical (unpaired) electrons. The number of carbonyl (C=O) groups is 1. The van der Waals surface area contributed by atoms with E-state index in [-0.39, 0.29) is 17.2 Å². The number of aromatic nitrogens is 1. The highest BCUT2D eigenvalue weighted by atomic mass is 16.6. The molecule has 0 spiro atoms. The van der Waals surface area contributed by atoms with E-state index in [1.807, 2.05) is 11.9 Å². The number of nitro groups is 1. The molecule has 1 saturated carbocycles. The van der Waals surface area contributed by atoms with Gasteiger partial charge < -0.3 is 9.32 Å². The number of benzene rings is 1. The Kier molecular flexibility index (Phi) is 5.62. The lowest BCUT2D eigenvalue weighted by atomic mass is 9.85. The first-order chi connectivity index (χ1) is 12.9. The number of carbonyl (C=O) groups excluding carboxylic acids is 1. The predicted octanol–water partition coefficient (Wildman–Crippen LogP) is 3.32. The summed E-state index contributed by atoms with van der Waals surface area (Å²) in [6.07, 6.45) is 5.46. The van der Waals surface area contributed by atoms with Crippen molar-refractivity contribution in [2.75, 3.05) is 7.05 Å². The smallest absolute Gasteiger partial charge is 0.407 e. The van der Waals surface area contributed by atoms with E-state index in [1.54, 1.807) is 0 Å². The Labute approximate surface area is 156 Å². The van der Waals surface area contributed by atoms with E-state index in [4.69, 9.17) is 4.42 Å². The van der Waals surface area contributed by atoms with E-state index in [0.29, 0.717) is 36.9 Å². The van der Waals surface area contributed by atoms with Gasteiger partial charge in [-0.3, -0.25) is 19.5 Å². The van der Waals surface area contributed by atoms with Gasteiger partial charge >= 0.3 is 5.76 Å². The van der Waals surface area contributed by atoms with Crippen LogP contribution in [0.2, 0.25) is 0 Å². The van der Waals surface area contributed by atoms with Crippen molar-refractivity contribution in [3.63, 3.8) is 0 Å². The number of hydrogen-bond acceptors (Lipinski definition) is 5. The predicted molar refractivity (Wildman–Crippen MR) is 101 cm³/mol. The molecule has 8 nitrogen and oxygen atoms in total. The van der Waals surface area contributed by atoms with E-state index in [1.165, 1.54) is 29.2 Å². The highest BCUT2D eigenvalue weighted by Gasteiger charge is 2.27. The molecular formula is C19H25N3O5. The molecule has 1 aromatic carbocycles. The molecule has 1 fully saturated rings. The summed E-state index contributed by atoms with van der Waals surface area (Å²) in [5.41, 5.74) is 0.572. The zero-order chi connectivity index (χ0) is 19.6. The average Bonchev–Trinajstić information content (AvgIpc) is 2.96. The van der Waals surface area contributed by atoms with Crippen molar-refractivity contribution < 1.29 is 14.1 Å². The molecule has 1 heterocycles. The number of rotatable bonds is 6. The standard InChI is InChI=1S/C19H25N3O5/c1-13-6-3-4-7-15(13)20(2)18(23)8-5-11-21-16-10-9-14(22(25)26)12-17(16)27-19(21)24/h9-10,12-13,15H,3-8,11H2,1-2H3. The topological polar surface area (TPSA) is 98.6 Å². The Bertz CT molecular complexity index is 900. The minimum absolute atomic E-state index is 0.0882. The maximum Gasteiger partial charge on any atom is 0.419 e. The summed E-state index contributed by atoms with van der Waals surface area (Å²) in [5.74, 6) is 0.0429. The van der Waals surface area contributed by atoms with Crippen molar-refractivity contribution in [2.24, 2.45) is 5.92 Å². The summed E-state index contributed by atoms with van der Waals surface area (Å²) in [5, 5.41) is 10.8. The largest absolute Gasteiger partial charge is 0.419 e. The third-order valence-corrected chi connectivity index (χ3v) is 5.59. The first-order valence-electron chi connectivity index (χ1n) is 9.42. The fourth-order valence-electron chi connectivity index (χ4n) is 4.00. The lowest BCUT2D eigenvalue weighted by Gasteiger charge is -2.36. The molecule has 3 rings (SSSR count). The van der Waals surface area contributed by atoms with Crippen molar-refractivity contribution in [1.82, 2.24) is 9.47 Å². The fraction of sp³-hybridized carbons (Fsp3) is 0.579. The number of nitro benzene ring substituents is 1. The summed E-state index contributed by atoms with van der Waals surface area (Å²) >= 11 is 0. The van der Waals surface area contributed by atoms with Gasteiger partial charge in [-0.2, -0.15) is 0 Å². The van der Waals surface area contributed by atoms with Crippen molar-refractivity contribution in [1.29, 1.82) is 0 Å². The highest BCUT2D eigenvalue weighted by Crippen LogP contribution is 2.28. The quantitative estimate of drug-likeness (QED) is 0.570. The van der Waals surface area contributed by atoms with Crippen LogP contribution < -0.4 is 5.76 Å². The van der Waals surface area contributed by atoms with Crippen LogP contribution in [0.3, 0.4) is 0 Å². The molecule has 1 aliphatic carbocycles. The molecule has 2 atom stereocenters. The molecule has 1 amide bonds. The van der Waals surface area contributed by atoms with Gasteiger partial charge in [0.05, 0.1) is 16.5 Å². The summed E-state index contributed by atoms with van der Waals surface area (Å²) in [6.45, 7) is 2.54. The molecule has 0 N–H and O–H groups in total. The van der Waals surface area contributed by atoms with Crippen LogP contribution >= 0.6 is 0 Å². The van der Waals surface area contributed by atoms with E-state index in [0.717, 1.165) is 19.3 Å². The SMILES string of the molecule is CC1CCCCC1N(C)C(=O)CCCn1c(=O)oc2cc([N+](=O)[O-])ccc21. The molecule has 0 saturated heterocycles. The minimum Gasteiger partial charge on any atom is -0.407 e. The van der Waals surface area contributed by atoms with Gasteiger partial charge in [0.1, 0.15) is 0 Å². The third-order valence-electron chi connectivity index (χ3n) is 5.59. The Morgan fingerprint density at radius 2 is 2.11 bits per heavy atom. The number of non-ortho nitro benzene ring substituents is 1. The van der Waals surface area contributed by atoms with Crippen molar-refractivity contribution in [3.8, 4) is 0 Å². The molecular weight excluding hydrogens is 350 g/mol. The van der Waals surface area contributed by atoms with Crippen LogP contribution in [0.4, 0.5) is 5.69 Å². The van der Waals surface area contributed by atoms with Crippen LogP contribution in [-0.2, 0) is 11.3 Å². The molecule has 0 aliphatic heterocycles. The summed E-state index contributed by atoms with van der Waals surface area (Å²) in [4.78, 5) is 36.7. The zero-order valence-corrected chi connectivity index (χ0v) is 15.7. The Morgan fingerprint density at radius 3 is 2.81 bits per heavy atom. The molecule has 2 aromatic rings. The Balaban J connectivity index is 1.63. The van der Waals surface area contributed by atoms with Gasteiger partial charge in [-0.05, 0) is 31.2 Å². The van der Waals surface area contributed by atoms with Gasteiger partial charge in [0, 0.05) is 32.1 Å². The van der Waals surface area contributed by atoms with Gasteiger partial charge in [0.15, 0.2) is 5.58 Å². The van der Waals surface area contributed by atoms with Crippen LogP contribution in [0.5, 0.6) is 0 Å². The van der Waals surface area contributed by atoms with Crippen molar-refractivity contribution >= 4 is 22.7 Å². The first kappa shape index (κ1) is 19.1. The lowest BCUT2D eigenvalue weighted by Crippen LogP contribution is -2.42. The van der Waals surface area contributed by atoms with Crippen LogP contribution in [0, 0.1) is 16.0 Å². The lowest BCUT2D eigenvalue weighted by molar-refractivity contribution is -0.384. The van der Waals surface area contributed by atoms with E-state index in [2.05, 4.69) is 6.92 Å². The number of aryl methyl sites for hydroxylation is 1. The van der Waals surface area contributed by atoms with Gasteiger partial charge in [0.25, 0.3) is 5.69 Å². The highest BCUT2D eigenvalue weighted by molar-refractivity contribution is 5.77. The second kappa shape index (κ2) is 7.94. The fourth-order valence-corrected chi connectivity index (χ4v) is 4.00. The normalized spacial score (nSPS) is 19.9. The summed E-state index contributed by atoms with van der Waals surface area (Å²) in [7, 11) is 1.87. The minimum atomic E-state index is -0.563. The number of nitrogens with zero attached hydrogens (tertiary/aromatic N) is 3. The van der Waals surface area contributed by atoms with E-state index in [9.17, 15) is 19.7 Å². The molecule has 2 unspecified atom stereocenters. The number of amides is 1. The number of fused-ring (bicyclic) bond motifs is 1. The molecule has 1 aromatic heterocycles. The maximum atomic E-state index is 12.5. The monoisotopic (exact) mass is 375 g/mol. The number of oxazole rings is 1. The molecule has 146 valence electrons.